The largest absolute Gasteiger partial charge is 0.207 e. The summed E-state index contributed by atoms with van der Waals surface area (Å²) in [5.41, 5.74) is 2.86. The zero-order chi connectivity index (χ0) is 11.5. The molecule has 2 aromatic carbocycles. The molecule has 0 saturated heterocycles. The summed E-state index contributed by atoms with van der Waals surface area (Å²) in [4.78, 5) is 0. The topological polar surface area (TPSA) is 23.8 Å². The van der Waals surface area contributed by atoms with Gasteiger partial charge in [0.25, 0.3) is 0 Å². The van der Waals surface area contributed by atoms with Gasteiger partial charge in [-0.25, -0.2) is 4.39 Å². The molecule has 78 valence electrons. The van der Waals surface area contributed by atoms with Crippen LogP contribution in [0.4, 0.5) is 4.39 Å². The standard InChI is InChI=1S/C14H10FN/c1-10-5-6-13(8-14(10)15)12-4-2-3-11(7-12)9-16/h2-8H,1H3. The number of rotatable bonds is 1. The highest BCUT2D eigenvalue weighted by molar-refractivity contribution is 5.65. The maximum Gasteiger partial charge on any atom is 0.126 e. The van der Waals surface area contributed by atoms with Crippen LogP contribution < -0.4 is 0 Å². The van der Waals surface area contributed by atoms with Crippen molar-refractivity contribution in [2.45, 2.75) is 6.92 Å². The van der Waals surface area contributed by atoms with E-state index in [1.807, 2.05) is 12.1 Å². The zero-order valence-electron chi connectivity index (χ0n) is 8.87. The summed E-state index contributed by atoms with van der Waals surface area (Å²) < 4.78 is 13.4. The number of hydrogen-bond acceptors (Lipinski definition) is 1. The van der Waals surface area contributed by atoms with E-state index in [0.29, 0.717) is 11.1 Å². The quantitative estimate of drug-likeness (QED) is 0.706. The van der Waals surface area contributed by atoms with Gasteiger partial charge in [0.05, 0.1) is 11.6 Å². The molecule has 1 nitrogen and oxygen atoms in total. The summed E-state index contributed by atoms with van der Waals surface area (Å²) in [5, 5.41) is 8.78. The van der Waals surface area contributed by atoms with E-state index in [-0.39, 0.29) is 5.82 Å². The summed E-state index contributed by atoms with van der Waals surface area (Å²) in [6.45, 7) is 1.73. The first-order chi connectivity index (χ1) is 7.70. The lowest BCUT2D eigenvalue weighted by Crippen LogP contribution is -1.85. The van der Waals surface area contributed by atoms with Gasteiger partial charge in [-0.2, -0.15) is 5.26 Å². The van der Waals surface area contributed by atoms with Crippen molar-refractivity contribution >= 4 is 0 Å². The third-order valence-corrected chi connectivity index (χ3v) is 2.50. The molecular formula is C14H10FN. The van der Waals surface area contributed by atoms with Crippen molar-refractivity contribution in [1.82, 2.24) is 0 Å². The van der Waals surface area contributed by atoms with Crippen LogP contribution >= 0.6 is 0 Å². The van der Waals surface area contributed by atoms with Crippen molar-refractivity contribution in [3.63, 3.8) is 0 Å². The van der Waals surface area contributed by atoms with Gasteiger partial charge in [0.2, 0.25) is 0 Å². The summed E-state index contributed by atoms with van der Waals surface area (Å²) in [6.07, 6.45) is 0. The summed E-state index contributed by atoms with van der Waals surface area (Å²) in [6, 6.07) is 14.3. The molecule has 0 saturated carbocycles. The van der Waals surface area contributed by atoms with Gasteiger partial charge in [-0.3, -0.25) is 0 Å². The number of nitrogens with zero attached hydrogens (tertiary/aromatic N) is 1. The van der Waals surface area contributed by atoms with Crippen molar-refractivity contribution in [3.8, 4) is 17.2 Å². The van der Waals surface area contributed by atoms with Crippen molar-refractivity contribution in [1.29, 1.82) is 5.26 Å². The van der Waals surface area contributed by atoms with Crippen molar-refractivity contribution < 1.29 is 4.39 Å². The highest BCUT2D eigenvalue weighted by Crippen LogP contribution is 2.22. The predicted molar refractivity (Wildman–Crippen MR) is 61.3 cm³/mol. The number of halogens is 1. The van der Waals surface area contributed by atoms with Crippen LogP contribution in [0.25, 0.3) is 11.1 Å². The molecule has 0 bridgehead atoms. The smallest absolute Gasteiger partial charge is 0.126 e. The van der Waals surface area contributed by atoms with Crippen LogP contribution in [0, 0.1) is 24.1 Å². The van der Waals surface area contributed by atoms with Crippen LogP contribution in [0.3, 0.4) is 0 Å². The van der Waals surface area contributed by atoms with E-state index >= 15 is 0 Å². The van der Waals surface area contributed by atoms with Gasteiger partial charge in [0.15, 0.2) is 0 Å². The average Bonchev–Trinajstić information content (AvgIpc) is 2.33. The Bertz CT molecular complexity index is 567. The summed E-state index contributed by atoms with van der Waals surface area (Å²) in [5.74, 6) is -0.222. The molecule has 0 N–H and O–H groups in total. The van der Waals surface area contributed by atoms with E-state index in [1.54, 1.807) is 31.2 Å². The second-order valence-electron chi connectivity index (χ2n) is 3.66. The molecule has 0 radical (unpaired) electrons. The van der Waals surface area contributed by atoms with Crippen LogP contribution in [0.2, 0.25) is 0 Å². The van der Waals surface area contributed by atoms with E-state index in [2.05, 4.69) is 6.07 Å². The number of aryl methyl sites for hydroxylation is 1. The van der Waals surface area contributed by atoms with Gasteiger partial charge in [0.1, 0.15) is 5.82 Å². The fraction of sp³-hybridized carbons (Fsp3) is 0.0714. The Balaban J connectivity index is 2.51. The first-order valence-electron chi connectivity index (χ1n) is 4.97. The maximum absolute atomic E-state index is 13.4. The van der Waals surface area contributed by atoms with Crippen molar-refractivity contribution in [3.05, 3.63) is 59.4 Å². The van der Waals surface area contributed by atoms with Crippen LogP contribution in [0.15, 0.2) is 42.5 Å². The molecule has 2 aromatic rings. The minimum atomic E-state index is -0.222. The third kappa shape index (κ3) is 1.94. The molecule has 16 heavy (non-hydrogen) atoms. The van der Waals surface area contributed by atoms with E-state index in [9.17, 15) is 4.39 Å². The van der Waals surface area contributed by atoms with Crippen molar-refractivity contribution in [2.75, 3.05) is 0 Å². The van der Waals surface area contributed by atoms with Gasteiger partial charge in [-0.15, -0.1) is 0 Å². The van der Waals surface area contributed by atoms with E-state index in [4.69, 9.17) is 5.26 Å². The van der Waals surface area contributed by atoms with Crippen LogP contribution in [0.1, 0.15) is 11.1 Å². The van der Waals surface area contributed by atoms with E-state index < -0.39 is 0 Å². The Morgan fingerprint density at radius 2 is 1.81 bits per heavy atom. The molecule has 0 unspecified atom stereocenters. The lowest BCUT2D eigenvalue weighted by Gasteiger charge is -2.03. The molecule has 0 aliphatic carbocycles. The minimum absolute atomic E-state index is 0.222. The predicted octanol–water partition coefficient (Wildman–Crippen LogP) is 3.67. The number of nitriles is 1. The van der Waals surface area contributed by atoms with Crippen molar-refractivity contribution in [2.24, 2.45) is 0 Å². The second kappa shape index (κ2) is 4.16. The minimum Gasteiger partial charge on any atom is -0.207 e. The molecule has 2 rings (SSSR count). The van der Waals surface area contributed by atoms with Crippen LogP contribution in [0.5, 0.6) is 0 Å². The first kappa shape index (κ1) is 10.4. The summed E-state index contributed by atoms with van der Waals surface area (Å²) >= 11 is 0. The van der Waals surface area contributed by atoms with Crippen LogP contribution in [-0.2, 0) is 0 Å². The molecule has 0 aromatic heterocycles. The normalized spacial score (nSPS) is 9.81. The molecule has 0 amide bonds. The SMILES string of the molecule is Cc1ccc(-c2cccc(C#N)c2)cc1F. The van der Waals surface area contributed by atoms with Gasteiger partial charge in [-0.05, 0) is 41.8 Å². The molecule has 2 heteroatoms. The Morgan fingerprint density at radius 1 is 1.06 bits per heavy atom. The van der Waals surface area contributed by atoms with Gasteiger partial charge < -0.3 is 0 Å². The lowest BCUT2D eigenvalue weighted by atomic mass is 10.0. The number of benzene rings is 2. The summed E-state index contributed by atoms with van der Waals surface area (Å²) in [7, 11) is 0. The monoisotopic (exact) mass is 211 g/mol. The average molecular weight is 211 g/mol. The molecule has 0 fully saturated rings. The second-order valence-corrected chi connectivity index (χ2v) is 3.66. The number of hydrogen-bond donors (Lipinski definition) is 0. The first-order valence-corrected chi connectivity index (χ1v) is 4.97. The lowest BCUT2D eigenvalue weighted by molar-refractivity contribution is 0.619. The maximum atomic E-state index is 13.4. The molecule has 0 heterocycles. The highest BCUT2D eigenvalue weighted by atomic mass is 19.1. The Morgan fingerprint density at radius 3 is 2.50 bits per heavy atom. The Hall–Kier alpha value is -2.14. The van der Waals surface area contributed by atoms with Gasteiger partial charge in [-0.1, -0.05) is 24.3 Å². The van der Waals surface area contributed by atoms with Gasteiger partial charge >= 0.3 is 0 Å². The van der Waals surface area contributed by atoms with E-state index in [1.165, 1.54) is 6.07 Å². The molecule has 0 spiro atoms. The fourth-order valence-electron chi connectivity index (χ4n) is 1.54. The third-order valence-electron chi connectivity index (χ3n) is 2.50. The molecule has 0 atom stereocenters. The van der Waals surface area contributed by atoms with Crippen LogP contribution in [-0.4, -0.2) is 0 Å². The molecule has 0 aliphatic rings. The molecular weight excluding hydrogens is 201 g/mol. The van der Waals surface area contributed by atoms with E-state index in [0.717, 1.165) is 11.1 Å². The molecule has 0 aliphatic heterocycles. The fourth-order valence-corrected chi connectivity index (χ4v) is 1.54. The van der Waals surface area contributed by atoms with Gasteiger partial charge in [0, 0.05) is 0 Å². The zero-order valence-corrected chi connectivity index (χ0v) is 8.87. The Kier molecular flexibility index (Phi) is 2.70. The highest BCUT2D eigenvalue weighted by Gasteiger charge is 2.02. The Labute approximate surface area is 93.8 Å².